The van der Waals surface area contributed by atoms with Crippen molar-refractivity contribution in [2.75, 3.05) is 13.2 Å². The Morgan fingerprint density at radius 3 is 1.15 bits per heavy atom. The molecule has 0 spiro atoms. The summed E-state index contributed by atoms with van der Waals surface area (Å²) >= 11 is 0. The molecule has 1 atom stereocenters. The highest BCUT2D eigenvalue weighted by Crippen LogP contribution is 2.13. The first-order valence-electron chi connectivity index (χ1n) is 19.7. The van der Waals surface area contributed by atoms with Gasteiger partial charge in [-0.3, -0.25) is 14.4 Å². The van der Waals surface area contributed by atoms with Crippen LogP contribution in [0.1, 0.15) is 207 Å². The molecule has 0 radical (unpaired) electrons. The summed E-state index contributed by atoms with van der Waals surface area (Å²) in [6, 6.07) is 0. The fourth-order valence-corrected chi connectivity index (χ4v) is 5.50. The molecule has 1 unspecified atom stereocenters. The van der Waals surface area contributed by atoms with Gasteiger partial charge in [0, 0.05) is 19.3 Å². The van der Waals surface area contributed by atoms with E-state index in [4.69, 9.17) is 14.2 Å². The van der Waals surface area contributed by atoms with E-state index < -0.39 is 6.10 Å². The smallest absolute Gasteiger partial charge is 0.306 e. The lowest BCUT2D eigenvalue weighted by molar-refractivity contribution is -0.167. The molecule has 46 heavy (non-hydrogen) atoms. The number of rotatable bonds is 35. The summed E-state index contributed by atoms with van der Waals surface area (Å²) in [6.07, 6.45) is 34.9. The monoisotopic (exact) mass is 651 g/mol. The number of hydrogen-bond donors (Lipinski definition) is 0. The van der Waals surface area contributed by atoms with Crippen LogP contribution in [-0.2, 0) is 28.6 Å². The predicted molar refractivity (Wildman–Crippen MR) is 192 cm³/mol. The molecule has 0 aliphatic rings. The van der Waals surface area contributed by atoms with Crippen molar-refractivity contribution in [3.8, 4) is 0 Å². The molecule has 0 saturated carbocycles. The van der Waals surface area contributed by atoms with Crippen molar-refractivity contribution in [2.24, 2.45) is 0 Å². The van der Waals surface area contributed by atoms with E-state index in [1.165, 1.54) is 109 Å². The average Bonchev–Trinajstić information content (AvgIpc) is 3.05. The fourth-order valence-electron chi connectivity index (χ4n) is 5.50. The maximum Gasteiger partial charge on any atom is 0.306 e. The van der Waals surface area contributed by atoms with Crippen LogP contribution in [-0.4, -0.2) is 37.2 Å². The molecule has 0 N–H and O–H groups in total. The van der Waals surface area contributed by atoms with E-state index in [-0.39, 0.29) is 37.5 Å². The Morgan fingerprint density at radius 1 is 0.413 bits per heavy atom. The molecule has 0 aromatic rings. The summed E-state index contributed by atoms with van der Waals surface area (Å²) in [7, 11) is 0. The minimum atomic E-state index is -0.773. The van der Waals surface area contributed by atoms with Crippen LogP contribution in [0.5, 0.6) is 0 Å². The third-order valence-corrected chi connectivity index (χ3v) is 8.52. The van der Waals surface area contributed by atoms with Crippen LogP contribution in [0, 0.1) is 0 Å². The number of allylic oxidation sites excluding steroid dienone is 2. The van der Waals surface area contributed by atoms with Gasteiger partial charge in [0.25, 0.3) is 0 Å². The first-order chi connectivity index (χ1) is 22.5. The van der Waals surface area contributed by atoms with Gasteiger partial charge in [0.05, 0.1) is 0 Å². The van der Waals surface area contributed by atoms with Crippen LogP contribution < -0.4 is 0 Å². The highest BCUT2D eigenvalue weighted by molar-refractivity contribution is 5.71. The summed E-state index contributed by atoms with van der Waals surface area (Å²) < 4.78 is 16.5. The maximum absolute atomic E-state index is 12.5. The zero-order chi connectivity index (χ0) is 33.8. The second-order valence-electron chi connectivity index (χ2n) is 13.2. The van der Waals surface area contributed by atoms with Crippen molar-refractivity contribution in [3.05, 3.63) is 12.2 Å². The topological polar surface area (TPSA) is 78.9 Å². The third-order valence-electron chi connectivity index (χ3n) is 8.52. The van der Waals surface area contributed by atoms with E-state index in [1.54, 1.807) is 0 Å². The molecular weight excluding hydrogens is 576 g/mol. The molecule has 0 amide bonds. The number of esters is 3. The van der Waals surface area contributed by atoms with E-state index in [1.807, 2.05) is 0 Å². The Bertz CT molecular complexity index is 719. The van der Waals surface area contributed by atoms with Crippen molar-refractivity contribution in [1.29, 1.82) is 0 Å². The molecule has 0 fully saturated rings. The van der Waals surface area contributed by atoms with Gasteiger partial charge in [0.15, 0.2) is 6.10 Å². The second-order valence-corrected chi connectivity index (χ2v) is 13.2. The number of carbonyl (C=O) groups excluding carboxylic acids is 3. The average molecular weight is 651 g/mol. The molecule has 0 aliphatic heterocycles. The molecule has 0 bridgehead atoms. The van der Waals surface area contributed by atoms with Gasteiger partial charge in [0.2, 0.25) is 0 Å². The molecule has 6 nitrogen and oxygen atoms in total. The Hall–Kier alpha value is -1.85. The first kappa shape index (κ1) is 44.1. The summed E-state index contributed by atoms with van der Waals surface area (Å²) in [5.74, 6) is -0.919. The molecule has 0 aromatic carbocycles. The van der Waals surface area contributed by atoms with E-state index >= 15 is 0 Å². The summed E-state index contributed by atoms with van der Waals surface area (Å²) in [5.41, 5.74) is 0. The van der Waals surface area contributed by atoms with Gasteiger partial charge >= 0.3 is 17.9 Å². The predicted octanol–water partition coefficient (Wildman–Crippen LogP) is 11.9. The van der Waals surface area contributed by atoms with Crippen LogP contribution in [0.3, 0.4) is 0 Å². The molecular formula is C40H74O6. The fraction of sp³-hybridized carbons (Fsp3) is 0.875. The lowest BCUT2D eigenvalue weighted by atomic mass is 10.1. The molecule has 270 valence electrons. The third kappa shape index (κ3) is 33.5. The standard InChI is InChI=1S/C40H74O6/c1-4-7-10-13-16-19-22-24-27-30-33-39(42)45-36-37(46-40(43)34-31-28-25-21-18-15-12-9-6-3)35-44-38(41)32-29-26-23-20-17-14-11-8-5-2/h21,25,37H,4-20,22-24,26-36H2,1-3H3/b25-21-. The van der Waals surface area contributed by atoms with Gasteiger partial charge < -0.3 is 14.2 Å². The molecule has 0 rings (SSSR count). The van der Waals surface area contributed by atoms with Gasteiger partial charge in [-0.05, 0) is 38.5 Å². The normalized spacial score (nSPS) is 12.0. The summed E-state index contributed by atoms with van der Waals surface area (Å²) in [6.45, 7) is 6.53. The lowest BCUT2D eigenvalue weighted by Gasteiger charge is -2.18. The van der Waals surface area contributed by atoms with E-state index in [2.05, 4.69) is 32.9 Å². The molecule has 6 heteroatoms. The minimum Gasteiger partial charge on any atom is -0.462 e. The van der Waals surface area contributed by atoms with Crippen LogP contribution in [0.15, 0.2) is 12.2 Å². The highest BCUT2D eigenvalue weighted by atomic mass is 16.6. The quantitative estimate of drug-likeness (QED) is 0.0294. The van der Waals surface area contributed by atoms with Crippen molar-refractivity contribution < 1.29 is 28.6 Å². The zero-order valence-electron chi connectivity index (χ0n) is 30.6. The number of ether oxygens (including phenoxy) is 3. The minimum absolute atomic E-state index is 0.0781. The molecule has 0 saturated heterocycles. The SMILES string of the molecule is CCCCCC/C=C\CCCC(=O)OC(COC(=O)CCCCCCCCCCC)COC(=O)CCCCCCCCCCCC. The van der Waals surface area contributed by atoms with E-state index in [0.717, 1.165) is 51.4 Å². The Kier molecular flexibility index (Phi) is 34.5. The van der Waals surface area contributed by atoms with Crippen molar-refractivity contribution in [1.82, 2.24) is 0 Å². The van der Waals surface area contributed by atoms with E-state index in [0.29, 0.717) is 19.3 Å². The summed E-state index contributed by atoms with van der Waals surface area (Å²) in [4.78, 5) is 37.3. The maximum atomic E-state index is 12.5. The van der Waals surface area contributed by atoms with Crippen LogP contribution in [0.2, 0.25) is 0 Å². The molecule has 0 aromatic heterocycles. The highest BCUT2D eigenvalue weighted by Gasteiger charge is 2.19. The van der Waals surface area contributed by atoms with Crippen molar-refractivity contribution >= 4 is 17.9 Å². The van der Waals surface area contributed by atoms with Gasteiger partial charge in [-0.25, -0.2) is 0 Å². The Balaban J connectivity index is 4.38. The van der Waals surface area contributed by atoms with Crippen LogP contribution >= 0.6 is 0 Å². The lowest BCUT2D eigenvalue weighted by Crippen LogP contribution is -2.30. The molecule has 0 heterocycles. The van der Waals surface area contributed by atoms with Gasteiger partial charge in [-0.2, -0.15) is 0 Å². The van der Waals surface area contributed by atoms with Crippen molar-refractivity contribution in [3.63, 3.8) is 0 Å². The first-order valence-corrected chi connectivity index (χ1v) is 19.7. The number of unbranched alkanes of at least 4 members (excludes halogenated alkanes) is 22. The summed E-state index contributed by atoms with van der Waals surface area (Å²) in [5, 5.41) is 0. The van der Waals surface area contributed by atoms with Crippen molar-refractivity contribution in [2.45, 2.75) is 213 Å². The molecule has 0 aliphatic carbocycles. The number of hydrogen-bond acceptors (Lipinski definition) is 6. The zero-order valence-corrected chi connectivity index (χ0v) is 30.6. The second kappa shape index (κ2) is 36.0. The number of carbonyl (C=O) groups is 3. The van der Waals surface area contributed by atoms with Gasteiger partial charge in [-0.1, -0.05) is 161 Å². The van der Waals surface area contributed by atoms with E-state index in [9.17, 15) is 14.4 Å². The van der Waals surface area contributed by atoms with Crippen LogP contribution in [0.25, 0.3) is 0 Å². The Labute approximate surface area is 284 Å². The van der Waals surface area contributed by atoms with Gasteiger partial charge in [0.1, 0.15) is 13.2 Å². The van der Waals surface area contributed by atoms with Gasteiger partial charge in [-0.15, -0.1) is 0 Å². The largest absolute Gasteiger partial charge is 0.462 e. The van der Waals surface area contributed by atoms with Crippen LogP contribution in [0.4, 0.5) is 0 Å². The Morgan fingerprint density at radius 2 is 0.739 bits per heavy atom.